The molecule has 1 aromatic carbocycles. The summed E-state index contributed by atoms with van der Waals surface area (Å²) in [5, 5.41) is 5.72. The number of methoxy groups -OCH3 is 1. The highest BCUT2D eigenvalue weighted by atomic mass is 16.5. The quantitative estimate of drug-likeness (QED) is 0.523. The Hall–Kier alpha value is -3.00. The van der Waals surface area contributed by atoms with E-state index in [1.807, 2.05) is 0 Å². The molecule has 0 aliphatic carbocycles. The third kappa shape index (κ3) is 5.52. The molecule has 0 saturated carbocycles. The number of carbonyl (C=O) groups is 2. The molecule has 0 atom stereocenters. The van der Waals surface area contributed by atoms with Crippen LogP contribution in [-0.4, -0.2) is 48.7 Å². The number of carbonyl (C=O) groups excluding carboxylic acids is 2. The molecule has 0 aliphatic rings. The molecular weight excluding hydrogens is 336 g/mol. The van der Waals surface area contributed by atoms with Crippen LogP contribution in [0.2, 0.25) is 0 Å². The molecule has 1 amide bonds. The molecule has 0 unspecified atom stereocenters. The lowest BCUT2D eigenvalue weighted by Crippen LogP contribution is -2.26. The second kappa shape index (κ2) is 10.1. The van der Waals surface area contributed by atoms with Crippen LogP contribution < -0.4 is 10.6 Å². The van der Waals surface area contributed by atoms with E-state index in [9.17, 15) is 9.59 Å². The zero-order chi connectivity index (χ0) is 18.8. The number of hydrogen-bond donors (Lipinski definition) is 2. The van der Waals surface area contributed by atoms with Crippen molar-refractivity contribution in [2.75, 3.05) is 32.2 Å². The molecule has 0 radical (unpaired) electrons. The molecular formula is C18H22N4O4. The number of rotatable bonds is 9. The van der Waals surface area contributed by atoms with Gasteiger partial charge in [-0.2, -0.15) is 0 Å². The van der Waals surface area contributed by atoms with Gasteiger partial charge in [-0.25, -0.2) is 14.8 Å². The highest BCUT2D eigenvalue weighted by molar-refractivity contribution is 5.96. The summed E-state index contributed by atoms with van der Waals surface area (Å²) in [6, 6.07) is 8.40. The first-order valence-corrected chi connectivity index (χ1v) is 8.29. The Labute approximate surface area is 151 Å². The zero-order valence-electron chi connectivity index (χ0n) is 14.8. The van der Waals surface area contributed by atoms with Crippen molar-refractivity contribution in [1.82, 2.24) is 15.3 Å². The highest BCUT2D eigenvalue weighted by Crippen LogP contribution is 2.19. The van der Waals surface area contributed by atoms with Crippen molar-refractivity contribution in [1.29, 1.82) is 0 Å². The van der Waals surface area contributed by atoms with Gasteiger partial charge in [0, 0.05) is 26.5 Å². The van der Waals surface area contributed by atoms with Crippen LogP contribution in [0.25, 0.3) is 0 Å². The molecule has 0 spiro atoms. The Morgan fingerprint density at radius 2 is 2.00 bits per heavy atom. The van der Waals surface area contributed by atoms with Gasteiger partial charge in [0.05, 0.1) is 17.9 Å². The lowest BCUT2D eigenvalue weighted by Gasteiger charge is -2.11. The molecule has 2 N–H and O–H groups in total. The predicted molar refractivity (Wildman–Crippen MR) is 96.5 cm³/mol. The highest BCUT2D eigenvalue weighted by Gasteiger charge is 2.14. The van der Waals surface area contributed by atoms with Gasteiger partial charge in [-0.05, 0) is 31.5 Å². The standard InChI is InChI=1S/C18H22N4O4/c1-3-26-17(24)13-7-4-5-8-14(13)21-18-20-11-9-15(22-18)16(23)19-10-6-12-25-2/h4-5,7-9,11H,3,6,10,12H2,1-2H3,(H,19,23)(H,20,21,22). The minimum Gasteiger partial charge on any atom is -0.462 e. The minimum atomic E-state index is -0.442. The van der Waals surface area contributed by atoms with Gasteiger partial charge in [0.2, 0.25) is 5.95 Å². The van der Waals surface area contributed by atoms with Crippen LogP contribution >= 0.6 is 0 Å². The number of hydrogen-bond acceptors (Lipinski definition) is 7. The molecule has 0 fully saturated rings. The number of aromatic nitrogens is 2. The Bertz CT molecular complexity index is 751. The van der Waals surface area contributed by atoms with Crippen molar-refractivity contribution in [2.24, 2.45) is 0 Å². The van der Waals surface area contributed by atoms with E-state index in [1.54, 1.807) is 38.3 Å². The van der Waals surface area contributed by atoms with E-state index in [4.69, 9.17) is 9.47 Å². The number of anilines is 2. The van der Waals surface area contributed by atoms with Gasteiger partial charge in [-0.3, -0.25) is 4.79 Å². The van der Waals surface area contributed by atoms with Gasteiger partial charge in [-0.15, -0.1) is 0 Å². The van der Waals surface area contributed by atoms with E-state index in [-0.39, 0.29) is 24.2 Å². The smallest absolute Gasteiger partial charge is 0.340 e. The molecule has 0 aliphatic heterocycles. The summed E-state index contributed by atoms with van der Waals surface area (Å²) < 4.78 is 9.98. The van der Waals surface area contributed by atoms with Crippen LogP contribution in [0, 0.1) is 0 Å². The first-order valence-electron chi connectivity index (χ1n) is 8.29. The summed E-state index contributed by atoms with van der Waals surface area (Å²) in [6.07, 6.45) is 2.19. The number of ether oxygens (including phenoxy) is 2. The van der Waals surface area contributed by atoms with E-state index in [2.05, 4.69) is 20.6 Å². The number of esters is 1. The first-order chi connectivity index (χ1) is 12.7. The van der Waals surface area contributed by atoms with E-state index in [0.717, 1.165) is 0 Å². The fraction of sp³-hybridized carbons (Fsp3) is 0.333. The topological polar surface area (TPSA) is 102 Å². The van der Waals surface area contributed by atoms with Gasteiger partial charge in [-0.1, -0.05) is 12.1 Å². The normalized spacial score (nSPS) is 10.2. The summed E-state index contributed by atoms with van der Waals surface area (Å²) in [5.74, 6) is -0.529. The second-order valence-corrected chi connectivity index (χ2v) is 5.26. The third-order valence-corrected chi connectivity index (χ3v) is 3.37. The second-order valence-electron chi connectivity index (χ2n) is 5.26. The lowest BCUT2D eigenvalue weighted by atomic mass is 10.2. The van der Waals surface area contributed by atoms with Crippen molar-refractivity contribution < 1.29 is 19.1 Å². The Balaban J connectivity index is 2.09. The van der Waals surface area contributed by atoms with Gasteiger partial charge in [0.15, 0.2) is 0 Å². The maximum Gasteiger partial charge on any atom is 0.340 e. The molecule has 8 heteroatoms. The largest absolute Gasteiger partial charge is 0.462 e. The van der Waals surface area contributed by atoms with E-state index >= 15 is 0 Å². The van der Waals surface area contributed by atoms with Gasteiger partial charge in [0.25, 0.3) is 5.91 Å². The number of benzene rings is 1. The molecule has 1 aromatic heterocycles. The average Bonchev–Trinajstić information content (AvgIpc) is 2.66. The number of para-hydroxylation sites is 1. The van der Waals surface area contributed by atoms with Crippen molar-refractivity contribution in [3.63, 3.8) is 0 Å². The monoisotopic (exact) mass is 358 g/mol. The Morgan fingerprint density at radius 3 is 2.77 bits per heavy atom. The van der Waals surface area contributed by atoms with Crippen LogP contribution in [0.4, 0.5) is 11.6 Å². The third-order valence-electron chi connectivity index (χ3n) is 3.37. The minimum absolute atomic E-state index is 0.214. The van der Waals surface area contributed by atoms with Crippen LogP contribution in [-0.2, 0) is 9.47 Å². The Kier molecular flexibility index (Phi) is 7.50. The number of nitrogens with one attached hydrogen (secondary N) is 2. The number of amides is 1. The predicted octanol–water partition coefficient (Wildman–Crippen LogP) is 2.16. The summed E-state index contributed by atoms with van der Waals surface area (Å²) in [7, 11) is 1.61. The maximum atomic E-state index is 12.1. The molecule has 0 bridgehead atoms. The summed E-state index contributed by atoms with van der Waals surface area (Å²) in [4.78, 5) is 32.4. The molecule has 0 saturated heterocycles. The summed E-state index contributed by atoms with van der Waals surface area (Å²) in [6.45, 7) is 3.08. The molecule has 2 rings (SSSR count). The molecule has 1 heterocycles. The average molecular weight is 358 g/mol. The number of nitrogens with zero attached hydrogens (tertiary/aromatic N) is 2. The van der Waals surface area contributed by atoms with Gasteiger partial charge in [0.1, 0.15) is 5.69 Å². The maximum absolute atomic E-state index is 12.1. The van der Waals surface area contributed by atoms with E-state index < -0.39 is 5.97 Å². The van der Waals surface area contributed by atoms with Crippen LogP contribution in [0.5, 0.6) is 0 Å². The van der Waals surface area contributed by atoms with Crippen molar-refractivity contribution in [2.45, 2.75) is 13.3 Å². The fourth-order valence-electron chi connectivity index (χ4n) is 2.15. The molecule has 8 nitrogen and oxygen atoms in total. The van der Waals surface area contributed by atoms with Crippen molar-refractivity contribution in [3.8, 4) is 0 Å². The van der Waals surface area contributed by atoms with Crippen LogP contribution in [0.3, 0.4) is 0 Å². The molecule has 138 valence electrons. The SMILES string of the molecule is CCOC(=O)c1ccccc1Nc1nccc(C(=O)NCCCOC)n1. The van der Waals surface area contributed by atoms with Crippen LogP contribution in [0.15, 0.2) is 36.5 Å². The first kappa shape index (κ1) is 19.3. The molecule has 2 aromatic rings. The van der Waals surface area contributed by atoms with E-state index in [0.29, 0.717) is 30.8 Å². The fourth-order valence-corrected chi connectivity index (χ4v) is 2.15. The van der Waals surface area contributed by atoms with Gasteiger partial charge >= 0.3 is 5.97 Å². The molecule has 26 heavy (non-hydrogen) atoms. The Morgan fingerprint density at radius 1 is 1.19 bits per heavy atom. The van der Waals surface area contributed by atoms with E-state index in [1.165, 1.54) is 12.3 Å². The summed E-state index contributed by atoms with van der Waals surface area (Å²) in [5.41, 5.74) is 1.10. The summed E-state index contributed by atoms with van der Waals surface area (Å²) >= 11 is 0. The lowest BCUT2D eigenvalue weighted by molar-refractivity contribution is 0.0527. The van der Waals surface area contributed by atoms with Crippen molar-refractivity contribution >= 4 is 23.5 Å². The van der Waals surface area contributed by atoms with Crippen molar-refractivity contribution in [3.05, 3.63) is 47.8 Å². The van der Waals surface area contributed by atoms with Crippen LogP contribution in [0.1, 0.15) is 34.2 Å². The van der Waals surface area contributed by atoms with Gasteiger partial charge < -0.3 is 20.1 Å². The zero-order valence-corrected chi connectivity index (χ0v) is 14.8.